The van der Waals surface area contributed by atoms with Crippen molar-refractivity contribution in [3.63, 3.8) is 0 Å². The lowest BCUT2D eigenvalue weighted by Crippen LogP contribution is -2.45. The first-order chi connectivity index (χ1) is 17.1. The van der Waals surface area contributed by atoms with Crippen LogP contribution in [0.1, 0.15) is 33.6 Å². The second-order valence-corrected chi connectivity index (χ2v) is 9.53. The maximum Gasteiger partial charge on any atom is 0.416 e. The van der Waals surface area contributed by atoms with E-state index in [1.165, 1.54) is 38.0 Å². The third-order valence-corrected chi connectivity index (χ3v) is 7.47. The van der Waals surface area contributed by atoms with Gasteiger partial charge in [0.05, 0.1) is 30.4 Å². The van der Waals surface area contributed by atoms with Crippen molar-refractivity contribution in [2.45, 2.75) is 24.6 Å². The summed E-state index contributed by atoms with van der Waals surface area (Å²) >= 11 is 1.23. The molecule has 1 N–H and O–H groups in total. The molecule has 0 unspecified atom stereocenters. The lowest BCUT2D eigenvalue weighted by atomic mass is 9.85. The van der Waals surface area contributed by atoms with Gasteiger partial charge in [-0.2, -0.15) is 13.2 Å². The number of alkyl halides is 3. The second-order valence-electron chi connectivity index (χ2n) is 8.53. The van der Waals surface area contributed by atoms with Gasteiger partial charge in [-0.25, -0.2) is 15.0 Å². The Kier molecular flexibility index (Phi) is 5.99. The third-order valence-electron chi connectivity index (χ3n) is 6.32. The molecule has 0 atom stereocenters. The Balaban J connectivity index is 1.57. The van der Waals surface area contributed by atoms with Gasteiger partial charge in [-0.1, -0.05) is 11.3 Å². The summed E-state index contributed by atoms with van der Waals surface area (Å²) in [5.41, 5.74) is -0.697. The summed E-state index contributed by atoms with van der Waals surface area (Å²) in [6, 6.07) is 3.39. The van der Waals surface area contributed by atoms with Crippen molar-refractivity contribution in [1.29, 1.82) is 0 Å². The Morgan fingerprint density at radius 2 is 1.83 bits per heavy atom. The fourth-order valence-corrected chi connectivity index (χ4v) is 5.59. The number of likely N-dealkylation sites (tertiary alicyclic amines) is 1. The number of nitrogens with zero attached hydrogens (tertiary/aromatic N) is 4. The molecule has 5 rings (SSSR count). The standard InChI is InChI=1S/C23H22F3N5O4S/c1-31-8-6-22(7-9-31)17-16(13-5-4-12(23(24,25)26)10-14(13)35-22)29-21(36-17)30-18(32)15-19(33-2)27-11-28-20(15)34-3/h4-5,10-11H,6-9H2,1-3H3,(H,29,30,32). The molecule has 2 aliphatic heterocycles. The topological polar surface area (TPSA) is 98.7 Å². The molecule has 0 bridgehead atoms. The highest BCUT2D eigenvalue weighted by Crippen LogP contribution is 2.53. The molecule has 0 saturated carbocycles. The Morgan fingerprint density at radius 3 is 2.44 bits per heavy atom. The molecule has 0 aliphatic carbocycles. The van der Waals surface area contributed by atoms with E-state index >= 15 is 0 Å². The van der Waals surface area contributed by atoms with E-state index in [1.54, 1.807) is 0 Å². The quantitative estimate of drug-likeness (QED) is 0.546. The molecule has 190 valence electrons. The molecule has 0 radical (unpaired) electrons. The molecule has 2 aromatic heterocycles. The zero-order valence-corrected chi connectivity index (χ0v) is 20.4. The van der Waals surface area contributed by atoms with Crippen LogP contribution in [-0.2, 0) is 11.8 Å². The van der Waals surface area contributed by atoms with Crippen LogP contribution in [0.4, 0.5) is 18.3 Å². The first-order valence-electron chi connectivity index (χ1n) is 11.0. The van der Waals surface area contributed by atoms with Gasteiger partial charge in [0, 0.05) is 31.5 Å². The van der Waals surface area contributed by atoms with Crippen LogP contribution in [0.5, 0.6) is 17.5 Å². The Hall–Kier alpha value is -3.45. The summed E-state index contributed by atoms with van der Waals surface area (Å²) in [5, 5.41) is 3.00. The average molecular weight is 522 g/mol. The highest BCUT2D eigenvalue weighted by molar-refractivity contribution is 7.16. The van der Waals surface area contributed by atoms with Crippen molar-refractivity contribution < 1.29 is 32.2 Å². The molecular formula is C23H22F3N5O4S. The van der Waals surface area contributed by atoms with Gasteiger partial charge in [0.15, 0.2) is 10.7 Å². The van der Waals surface area contributed by atoms with Gasteiger partial charge < -0.3 is 19.1 Å². The smallest absolute Gasteiger partial charge is 0.416 e. The van der Waals surface area contributed by atoms with Crippen LogP contribution in [0, 0.1) is 0 Å². The fraction of sp³-hybridized carbons (Fsp3) is 0.391. The lowest BCUT2D eigenvalue weighted by molar-refractivity contribution is -0.137. The zero-order chi connectivity index (χ0) is 25.7. The number of ether oxygens (including phenoxy) is 3. The Bertz CT molecular complexity index is 1300. The monoisotopic (exact) mass is 521 g/mol. The van der Waals surface area contributed by atoms with Gasteiger partial charge in [0.25, 0.3) is 5.91 Å². The predicted octanol–water partition coefficient (Wildman–Crippen LogP) is 4.20. The van der Waals surface area contributed by atoms with Crippen molar-refractivity contribution in [3.05, 3.63) is 40.5 Å². The van der Waals surface area contributed by atoms with E-state index < -0.39 is 23.2 Å². The maximum atomic E-state index is 13.4. The van der Waals surface area contributed by atoms with Gasteiger partial charge in [-0.05, 0) is 25.2 Å². The van der Waals surface area contributed by atoms with Gasteiger partial charge >= 0.3 is 6.18 Å². The number of thiazole rings is 1. The molecular weight excluding hydrogens is 499 g/mol. The first-order valence-corrected chi connectivity index (χ1v) is 11.8. The normalized spacial score (nSPS) is 16.6. The van der Waals surface area contributed by atoms with Crippen LogP contribution < -0.4 is 19.5 Å². The van der Waals surface area contributed by atoms with E-state index in [1.807, 2.05) is 7.05 Å². The number of amides is 1. The molecule has 13 heteroatoms. The molecule has 9 nitrogen and oxygen atoms in total. The van der Waals surface area contributed by atoms with E-state index in [4.69, 9.17) is 14.2 Å². The summed E-state index contributed by atoms with van der Waals surface area (Å²) in [7, 11) is 4.72. The number of piperidine rings is 1. The van der Waals surface area contributed by atoms with Crippen molar-refractivity contribution >= 4 is 22.4 Å². The van der Waals surface area contributed by atoms with Gasteiger partial charge in [0.1, 0.15) is 17.7 Å². The van der Waals surface area contributed by atoms with Crippen LogP contribution >= 0.6 is 11.3 Å². The zero-order valence-electron chi connectivity index (χ0n) is 19.6. The highest BCUT2D eigenvalue weighted by atomic mass is 32.1. The molecule has 2 aliphatic rings. The number of carbonyl (C=O) groups excluding carboxylic acids is 1. The van der Waals surface area contributed by atoms with Crippen LogP contribution in [0.25, 0.3) is 11.3 Å². The van der Waals surface area contributed by atoms with Crippen LogP contribution in [0.3, 0.4) is 0 Å². The number of carbonyl (C=O) groups is 1. The number of fused-ring (bicyclic) bond motifs is 4. The molecule has 1 fully saturated rings. The van der Waals surface area contributed by atoms with E-state index in [0.29, 0.717) is 37.2 Å². The Labute approximate surface area is 208 Å². The summed E-state index contributed by atoms with van der Waals surface area (Å²) in [6.07, 6.45) is -2.16. The van der Waals surface area contributed by atoms with Gasteiger partial charge in [0.2, 0.25) is 11.8 Å². The first kappa shape index (κ1) is 24.3. The number of hydrogen-bond acceptors (Lipinski definition) is 9. The highest BCUT2D eigenvalue weighted by Gasteiger charge is 2.46. The largest absolute Gasteiger partial charge is 0.481 e. The number of halogens is 3. The van der Waals surface area contributed by atoms with E-state index in [-0.39, 0.29) is 28.2 Å². The minimum absolute atomic E-state index is 0.00357. The number of benzene rings is 1. The Morgan fingerprint density at radius 1 is 1.17 bits per heavy atom. The molecule has 36 heavy (non-hydrogen) atoms. The van der Waals surface area contributed by atoms with Gasteiger partial charge in [-0.3, -0.25) is 10.1 Å². The number of aromatic nitrogens is 3. The van der Waals surface area contributed by atoms with Crippen molar-refractivity contribution in [2.24, 2.45) is 0 Å². The molecule has 3 aromatic rings. The maximum absolute atomic E-state index is 13.4. The number of rotatable bonds is 4. The number of nitrogens with one attached hydrogen (secondary N) is 1. The van der Waals surface area contributed by atoms with Crippen LogP contribution in [0.15, 0.2) is 24.5 Å². The van der Waals surface area contributed by atoms with E-state index in [2.05, 4.69) is 25.2 Å². The summed E-state index contributed by atoms with van der Waals surface area (Å²) in [4.78, 5) is 28.6. The number of methoxy groups -OCH3 is 2. The van der Waals surface area contributed by atoms with Gasteiger partial charge in [-0.15, -0.1) is 0 Å². The van der Waals surface area contributed by atoms with Crippen molar-refractivity contribution in [1.82, 2.24) is 19.9 Å². The molecule has 1 saturated heterocycles. The summed E-state index contributed by atoms with van der Waals surface area (Å²) < 4.78 is 56.9. The molecule has 1 amide bonds. The molecule has 4 heterocycles. The van der Waals surface area contributed by atoms with Crippen molar-refractivity contribution in [2.75, 3.05) is 39.7 Å². The second kappa shape index (κ2) is 8.89. The number of hydrogen-bond donors (Lipinski definition) is 1. The third kappa shape index (κ3) is 4.11. The van der Waals surface area contributed by atoms with E-state index in [0.717, 1.165) is 17.0 Å². The minimum Gasteiger partial charge on any atom is -0.481 e. The summed E-state index contributed by atoms with van der Waals surface area (Å²) in [5.74, 6) is -0.409. The number of anilines is 1. The minimum atomic E-state index is -4.50. The van der Waals surface area contributed by atoms with Crippen molar-refractivity contribution in [3.8, 4) is 28.8 Å². The molecule has 1 aromatic carbocycles. The SMILES string of the molecule is COc1ncnc(OC)c1C(=O)Nc1nc2c(s1)C1(CCN(C)CC1)Oc1cc(C(F)(F)F)ccc1-2. The molecule has 1 spiro atoms. The lowest BCUT2D eigenvalue weighted by Gasteiger charge is -2.43. The fourth-order valence-electron chi connectivity index (χ4n) is 4.43. The predicted molar refractivity (Wildman–Crippen MR) is 125 cm³/mol. The van der Waals surface area contributed by atoms with Crippen LogP contribution in [-0.4, -0.2) is 60.1 Å². The van der Waals surface area contributed by atoms with E-state index in [9.17, 15) is 18.0 Å². The van der Waals surface area contributed by atoms with Crippen LogP contribution in [0.2, 0.25) is 0 Å². The summed E-state index contributed by atoms with van der Waals surface area (Å²) in [6.45, 7) is 1.39. The average Bonchev–Trinajstić information content (AvgIpc) is 3.29.